The SMILES string of the molecule is CCc1ccc(Oc2coc3cc(OC(=O)COC)ccc3c2=O)cc1. The van der Waals surface area contributed by atoms with E-state index < -0.39 is 5.97 Å². The minimum Gasteiger partial charge on any atom is -0.460 e. The fourth-order valence-corrected chi connectivity index (χ4v) is 2.42. The van der Waals surface area contributed by atoms with E-state index in [0.29, 0.717) is 16.7 Å². The number of hydrogen-bond acceptors (Lipinski definition) is 6. The monoisotopic (exact) mass is 354 g/mol. The predicted molar refractivity (Wildman–Crippen MR) is 95.9 cm³/mol. The zero-order valence-electron chi connectivity index (χ0n) is 14.5. The molecule has 0 aliphatic rings. The van der Waals surface area contributed by atoms with E-state index in [0.717, 1.165) is 6.42 Å². The van der Waals surface area contributed by atoms with Crippen LogP contribution in [0.4, 0.5) is 0 Å². The minimum atomic E-state index is -0.537. The molecule has 2 aromatic carbocycles. The van der Waals surface area contributed by atoms with Gasteiger partial charge in [0.1, 0.15) is 30.0 Å². The lowest BCUT2D eigenvalue weighted by molar-refractivity contribution is -0.138. The van der Waals surface area contributed by atoms with Crippen molar-refractivity contribution in [1.29, 1.82) is 0 Å². The van der Waals surface area contributed by atoms with Gasteiger partial charge in [0.05, 0.1) is 5.39 Å². The Labute approximate surface area is 149 Å². The van der Waals surface area contributed by atoms with Crippen LogP contribution >= 0.6 is 0 Å². The van der Waals surface area contributed by atoms with Crippen LogP contribution in [-0.4, -0.2) is 19.7 Å². The molecule has 0 N–H and O–H groups in total. The second-order valence-electron chi connectivity index (χ2n) is 5.59. The predicted octanol–water partition coefficient (Wildman–Crippen LogP) is 3.70. The number of methoxy groups -OCH3 is 1. The fourth-order valence-electron chi connectivity index (χ4n) is 2.42. The van der Waals surface area contributed by atoms with Crippen LogP contribution in [0, 0.1) is 0 Å². The molecular weight excluding hydrogens is 336 g/mol. The zero-order chi connectivity index (χ0) is 18.5. The standard InChI is InChI=1S/C20H18O6/c1-3-13-4-6-14(7-5-13)25-18-11-24-17-10-15(26-19(21)12-23-2)8-9-16(17)20(18)22/h4-11H,3,12H2,1-2H3. The molecule has 3 rings (SSSR count). The van der Waals surface area contributed by atoms with E-state index in [9.17, 15) is 9.59 Å². The van der Waals surface area contributed by atoms with Gasteiger partial charge in [-0.15, -0.1) is 0 Å². The molecule has 0 radical (unpaired) electrons. The Balaban J connectivity index is 1.85. The first kappa shape index (κ1) is 17.7. The Morgan fingerprint density at radius 1 is 1.08 bits per heavy atom. The van der Waals surface area contributed by atoms with Crippen LogP contribution in [0.5, 0.6) is 17.2 Å². The van der Waals surface area contributed by atoms with Crippen LogP contribution in [0.3, 0.4) is 0 Å². The number of hydrogen-bond donors (Lipinski definition) is 0. The van der Waals surface area contributed by atoms with Gasteiger partial charge in [-0.25, -0.2) is 4.79 Å². The summed E-state index contributed by atoms with van der Waals surface area (Å²) in [5.41, 5.74) is 1.17. The molecule has 0 saturated carbocycles. The number of fused-ring (bicyclic) bond motifs is 1. The summed E-state index contributed by atoms with van der Waals surface area (Å²) in [6.45, 7) is 1.90. The number of esters is 1. The van der Waals surface area contributed by atoms with Crippen LogP contribution in [0.2, 0.25) is 0 Å². The number of rotatable bonds is 6. The first-order chi connectivity index (χ1) is 12.6. The van der Waals surface area contributed by atoms with E-state index in [2.05, 4.69) is 6.92 Å². The molecule has 134 valence electrons. The first-order valence-corrected chi connectivity index (χ1v) is 8.12. The third-order valence-electron chi connectivity index (χ3n) is 3.77. The van der Waals surface area contributed by atoms with Crippen molar-refractivity contribution in [2.24, 2.45) is 0 Å². The van der Waals surface area contributed by atoms with Crippen molar-refractivity contribution in [3.8, 4) is 17.2 Å². The normalized spacial score (nSPS) is 10.7. The molecule has 6 heteroatoms. The van der Waals surface area contributed by atoms with E-state index >= 15 is 0 Å². The number of benzene rings is 2. The molecule has 0 atom stereocenters. The molecule has 1 aromatic heterocycles. The third kappa shape index (κ3) is 3.92. The molecule has 26 heavy (non-hydrogen) atoms. The maximum absolute atomic E-state index is 12.6. The molecule has 1 heterocycles. The number of aryl methyl sites for hydroxylation is 1. The van der Waals surface area contributed by atoms with Crippen molar-refractivity contribution in [3.63, 3.8) is 0 Å². The second kappa shape index (κ2) is 7.84. The van der Waals surface area contributed by atoms with Crippen molar-refractivity contribution in [3.05, 3.63) is 64.5 Å². The number of carbonyl (C=O) groups is 1. The lowest BCUT2D eigenvalue weighted by Gasteiger charge is -2.07. The highest BCUT2D eigenvalue weighted by atomic mass is 16.6. The molecule has 3 aromatic rings. The van der Waals surface area contributed by atoms with Crippen molar-refractivity contribution in [2.45, 2.75) is 13.3 Å². The van der Waals surface area contributed by atoms with Crippen molar-refractivity contribution in [2.75, 3.05) is 13.7 Å². The van der Waals surface area contributed by atoms with Gasteiger partial charge in [0, 0.05) is 13.2 Å². The molecule has 0 aliphatic heterocycles. The lowest BCUT2D eigenvalue weighted by Crippen LogP contribution is -2.14. The fraction of sp³-hybridized carbons (Fsp3) is 0.200. The summed E-state index contributed by atoms with van der Waals surface area (Å²) in [4.78, 5) is 24.0. The molecule has 0 aliphatic carbocycles. The Hall–Kier alpha value is -3.12. The van der Waals surface area contributed by atoms with Gasteiger partial charge in [-0.2, -0.15) is 0 Å². The number of carbonyl (C=O) groups excluding carboxylic acids is 1. The van der Waals surface area contributed by atoms with Crippen molar-refractivity contribution in [1.82, 2.24) is 0 Å². The van der Waals surface area contributed by atoms with Crippen LogP contribution in [0.25, 0.3) is 11.0 Å². The Bertz CT molecular complexity index is 972. The topological polar surface area (TPSA) is 75.0 Å². The summed E-state index contributed by atoms with van der Waals surface area (Å²) >= 11 is 0. The maximum Gasteiger partial charge on any atom is 0.337 e. The molecule has 0 fully saturated rings. The smallest absolute Gasteiger partial charge is 0.337 e. The summed E-state index contributed by atoms with van der Waals surface area (Å²) in [6.07, 6.45) is 2.18. The molecule has 0 amide bonds. The summed E-state index contributed by atoms with van der Waals surface area (Å²) in [7, 11) is 1.40. The van der Waals surface area contributed by atoms with Crippen molar-refractivity contribution >= 4 is 16.9 Å². The third-order valence-corrected chi connectivity index (χ3v) is 3.77. The second-order valence-corrected chi connectivity index (χ2v) is 5.59. The highest BCUT2D eigenvalue weighted by Crippen LogP contribution is 2.24. The first-order valence-electron chi connectivity index (χ1n) is 8.12. The minimum absolute atomic E-state index is 0.0888. The van der Waals surface area contributed by atoms with Gasteiger partial charge in [-0.1, -0.05) is 19.1 Å². The van der Waals surface area contributed by atoms with E-state index in [-0.39, 0.29) is 23.5 Å². The average molecular weight is 354 g/mol. The van der Waals surface area contributed by atoms with E-state index in [1.54, 1.807) is 12.1 Å². The number of ether oxygens (including phenoxy) is 3. The van der Waals surface area contributed by atoms with Crippen LogP contribution < -0.4 is 14.9 Å². The highest BCUT2D eigenvalue weighted by Gasteiger charge is 2.12. The summed E-state index contributed by atoms with van der Waals surface area (Å²) < 4.78 is 20.9. The van der Waals surface area contributed by atoms with Crippen LogP contribution in [-0.2, 0) is 16.0 Å². The Kier molecular flexibility index (Phi) is 5.34. The van der Waals surface area contributed by atoms with Gasteiger partial charge >= 0.3 is 5.97 Å². The van der Waals surface area contributed by atoms with Crippen LogP contribution in [0.1, 0.15) is 12.5 Å². The van der Waals surface area contributed by atoms with Crippen molar-refractivity contribution < 1.29 is 23.4 Å². The molecular formula is C20H18O6. The van der Waals surface area contributed by atoms with Gasteiger partial charge in [0.15, 0.2) is 0 Å². The van der Waals surface area contributed by atoms with Gasteiger partial charge in [-0.3, -0.25) is 4.79 Å². The van der Waals surface area contributed by atoms with Gasteiger partial charge in [0.2, 0.25) is 11.2 Å². The molecule has 0 unspecified atom stereocenters. The average Bonchev–Trinajstić information content (AvgIpc) is 2.65. The quantitative estimate of drug-likeness (QED) is 0.496. The Morgan fingerprint density at radius 2 is 1.81 bits per heavy atom. The highest BCUT2D eigenvalue weighted by molar-refractivity contribution is 5.81. The molecule has 0 saturated heterocycles. The zero-order valence-corrected chi connectivity index (χ0v) is 14.5. The summed E-state index contributed by atoms with van der Waals surface area (Å²) in [5, 5.41) is 0.333. The molecule has 0 bridgehead atoms. The molecule has 0 spiro atoms. The Morgan fingerprint density at radius 3 is 2.50 bits per heavy atom. The van der Waals surface area contributed by atoms with E-state index in [1.807, 2.05) is 12.1 Å². The maximum atomic E-state index is 12.6. The largest absolute Gasteiger partial charge is 0.460 e. The summed E-state index contributed by atoms with van der Waals surface area (Å²) in [5.74, 6) is 0.376. The lowest BCUT2D eigenvalue weighted by atomic mass is 10.2. The van der Waals surface area contributed by atoms with Crippen LogP contribution in [0.15, 0.2) is 57.9 Å². The van der Waals surface area contributed by atoms with Gasteiger partial charge in [0.25, 0.3) is 0 Å². The van der Waals surface area contributed by atoms with Gasteiger partial charge in [-0.05, 0) is 36.2 Å². The molecule has 6 nitrogen and oxygen atoms in total. The van der Waals surface area contributed by atoms with E-state index in [1.165, 1.54) is 37.1 Å². The van der Waals surface area contributed by atoms with Gasteiger partial charge < -0.3 is 18.6 Å². The van der Waals surface area contributed by atoms with E-state index in [4.69, 9.17) is 18.6 Å². The summed E-state index contributed by atoms with van der Waals surface area (Å²) in [6, 6.07) is 12.0.